The van der Waals surface area contributed by atoms with Crippen molar-refractivity contribution < 1.29 is 0 Å². The Labute approximate surface area is 275 Å². The normalized spacial score (nSPS) is 10.8. The van der Waals surface area contributed by atoms with Crippen LogP contribution in [0, 0.1) is 41.5 Å². The van der Waals surface area contributed by atoms with E-state index >= 15 is 0 Å². The third kappa shape index (κ3) is 7.03. The first kappa shape index (κ1) is 30.8. The number of hydrogen-bond donors (Lipinski definition) is 0. The molecule has 0 amide bonds. The molecule has 0 heterocycles. The molecule has 0 aliphatic carbocycles. The zero-order chi connectivity index (χ0) is 32.2. The predicted octanol–water partition coefficient (Wildman–Crippen LogP) is 12.4. The van der Waals surface area contributed by atoms with Crippen molar-refractivity contribution in [3.05, 3.63) is 200 Å². The summed E-state index contributed by atoms with van der Waals surface area (Å²) in [5.41, 5.74) is 19.9. The molecule has 0 fully saturated rings. The second-order valence-corrected chi connectivity index (χ2v) is 12.7. The lowest BCUT2D eigenvalue weighted by Gasteiger charge is -2.14. The Morgan fingerprint density at radius 2 is 0.587 bits per heavy atom. The summed E-state index contributed by atoms with van der Waals surface area (Å²) >= 11 is 0. The van der Waals surface area contributed by atoms with E-state index < -0.39 is 0 Å². The molecule has 226 valence electrons. The molecular formula is C46H42. The molecule has 46 heavy (non-hydrogen) atoms. The molecule has 0 aliphatic heterocycles. The average Bonchev–Trinajstić information content (AvgIpc) is 3.06. The van der Waals surface area contributed by atoms with Crippen LogP contribution in [0.5, 0.6) is 0 Å². The van der Waals surface area contributed by atoms with Crippen LogP contribution in [-0.2, 0) is 0 Å². The van der Waals surface area contributed by atoms with Gasteiger partial charge in [0.2, 0.25) is 0 Å². The molecule has 0 atom stereocenters. The smallest absolute Gasteiger partial charge is 0.0105 e. The monoisotopic (exact) mass is 594 g/mol. The third-order valence-electron chi connectivity index (χ3n) is 8.92. The Kier molecular flexibility index (Phi) is 8.99. The van der Waals surface area contributed by atoms with E-state index in [1.165, 1.54) is 89.0 Å². The maximum absolute atomic E-state index is 2.34. The lowest BCUT2D eigenvalue weighted by atomic mass is 9.91. The Morgan fingerprint density at radius 3 is 0.826 bits per heavy atom. The van der Waals surface area contributed by atoms with Crippen LogP contribution in [0.2, 0.25) is 0 Å². The summed E-state index contributed by atoms with van der Waals surface area (Å²) in [7, 11) is 0. The van der Waals surface area contributed by atoms with Gasteiger partial charge < -0.3 is 0 Å². The standard InChI is InChI=1S/C46H42/c1-31-7-15-37(16-8-31)45(38-17-9-32(2)10-18-38)29-41-23-25-43(27-35(41)5)44-26-24-42(36(6)28-44)30-46(39-19-11-33(3)12-20-39)40-21-13-34(4)14-22-40/h7-30H,1-6H3. The fourth-order valence-electron chi connectivity index (χ4n) is 5.94. The van der Waals surface area contributed by atoms with Gasteiger partial charge in [0.05, 0.1) is 0 Å². The van der Waals surface area contributed by atoms with Gasteiger partial charge in [0.1, 0.15) is 0 Å². The zero-order valence-electron chi connectivity index (χ0n) is 27.9. The maximum atomic E-state index is 2.34. The number of benzene rings is 6. The maximum Gasteiger partial charge on any atom is -0.0105 e. The van der Waals surface area contributed by atoms with Crippen molar-refractivity contribution >= 4 is 23.3 Å². The quantitative estimate of drug-likeness (QED) is 0.161. The van der Waals surface area contributed by atoms with E-state index in [9.17, 15) is 0 Å². The van der Waals surface area contributed by atoms with E-state index in [1.54, 1.807) is 0 Å². The Balaban J connectivity index is 1.35. The van der Waals surface area contributed by atoms with Crippen LogP contribution >= 0.6 is 0 Å². The second kappa shape index (κ2) is 13.4. The van der Waals surface area contributed by atoms with Crippen molar-refractivity contribution in [3.63, 3.8) is 0 Å². The van der Waals surface area contributed by atoms with Crippen LogP contribution in [0.4, 0.5) is 0 Å². The summed E-state index contributed by atoms with van der Waals surface area (Å²) in [6.45, 7) is 13.0. The van der Waals surface area contributed by atoms with Crippen molar-refractivity contribution in [2.75, 3.05) is 0 Å². The van der Waals surface area contributed by atoms with E-state index in [-0.39, 0.29) is 0 Å². The van der Waals surface area contributed by atoms with Crippen molar-refractivity contribution in [2.45, 2.75) is 41.5 Å². The third-order valence-corrected chi connectivity index (χ3v) is 8.92. The van der Waals surface area contributed by atoms with Crippen LogP contribution in [0.15, 0.2) is 133 Å². The fourth-order valence-corrected chi connectivity index (χ4v) is 5.94. The van der Waals surface area contributed by atoms with Gasteiger partial charge in [-0.3, -0.25) is 0 Å². The van der Waals surface area contributed by atoms with Crippen LogP contribution in [0.1, 0.15) is 66.8 Å². The van der Waals surface area contributed by atoms with E-state index in [4.69, 9.17) is 0 Å². The fraction of sp³-hybridized carbons (Fsp3) is 0.130. The highest BCUT2D eigenvalue weighted by molar-refractivity contribution is 5.93. The molecule has 0 aliphatic rings. The molecule has 0 heteroatoms. The van der Waals surface area contributed by atoms with Crippen LogP contribution in [0.3, 0.4) is 0 Å². The summed E-state index contributed by atoms with van der Waals surface area (Å²) in [4.78, 5) is 0. The molecule has 0 unspecified atom stereocenters. The Bertz CT molecular complexity index is 1780. The lowest BCUT2D eigenvalue weighted by Crippen LogP contribution is -1.92. The van der Waals surface area contributed by atoms with Crippen LogP contribution in [-0.4, -0.2) is 0 Å². The minimum atomic E-state index is 1.23. The summed E-state index contributed by atoms with van der Waals surface area (Å²) in [5.74, 6) is 0. The highest BCUT2D eigenvalue weighted by atomic mass is 14.1. The van der Waals surface area contributed by atoms with Crippen LogP contribution < -0.4 is 0 Å². The SMILES string of the molecule is Cc1ccc(C(=Cc2ccc(-c3ccc(C=C(c4ccc(C)cc4)c4ccc(C)cc4)c(C)c3)cc2C)c2ccc(C)cc2)cc1. The topological polar surface area (TPSA) is 0 Å². The van der Waals surface area contributed by atoms with E-state index in [0.29, 0.717) is 0 Å². The molecule has 0 spiro atoms. The molecule has 6 aromatic rings. The molecule has 0 nitrogen and oxygen atoms in total. The van der Waals surface area contributed by atoms with Crippen molar-refractivity contribution in [2.24, 2.45) is 0 Å². The number of rotatable bonds is 7. The first-order valence-electron chi connectivity index (χ1n) is 16.2. The number of hydrogen-bond acceptors (Lipinski definition) is 0. The minimum Gasteiger partial charge on any atom is -0.0587 e. The molecular weight excluding hydrogens is 553 g/mol. The van der Waals surface area contributed by atoms with Crippen molar-refractivity contribution in [3.8, 4) is 11.1 Å². The van der Waals surface area contributed by atoms with Gasteiger partial charge in [-0.25, -0.2) is 0 Å². The molecule has 0 saturated heterocycles. The molecule has 0 radical (unpaired) electrons. The first-order valence-corrected chi connectivity index (χ1v) is 16.2. The molecule has 6 aromatic carbocycles. The lowest BCUT2D eigenvalue weighted by molar-refractivity contribution is 1.40. The summed E-state index contributed by atoms with van der Waals surface area (Å²) in [6.07, 6.45) is 4.68. The van der Waals surface area contributed by atoms with Gasteiger partial charge in [-0.15, -0.1) is 0 Å². The first-order chi connectivity index (χ1) is 22.2. The summed E-state index contributed by atoms with van der Waals surface area (Å²) in [5, 5.41) is 0. The van der Waals surface area contributed by atoms with Gasteiger partial charge in [-0.05, 0) is 120 Å². The zero-order valence-corrected chi connectivity index (χ0v) is 27.9. The summed E-state index contributed by atoms with van der Waals surface area (Å²) < 4.78 is 0. The average molecular weight is 595 g/mol. The van der Waals surface area contributed by atoms with Crippen molar-refractivity contribution in [1.29, 1.82) is 0 Å². The van der Waals surface area contributed by atoms with Crippen molar-refractivity contribution in [1.82, 2.24) is 0 Å². The van der Waals surface area contributed by atoms with E-state index in [0.717, 1.165) is 0 Å². The van der Waals surface area contributed by atoms with Gasteiger partial charge in [0, 0.05) is 0 Å². The highest BCUT2D eigenvalue weighted by Crippen LogP contribution is 2.32. The van der Waals surface area contributed by atoms with Gasteiger partial charge in [0.25, 0.3) is 0 Å². The molecule has 0 saturated carbocycles. The van der Waals surface area contributed by atoms with E-state index in [2.05, 4.69) is 187 Å². The largest absolute Gasteiger partial charge is 0.0587 e. The number of aryl methyl sites for hydroxylation is 6. The van der Waals surface area contributed by atoms with Gasteiger partial charge in [-0.1, -0.05) is 156 Å². The Morgan fingerprint density at radius 1 is 0.326 bits per heavy atom. The second-order valence-electron chi connectivity index (χ2n) is 12.7. The van der Waals surface area contributed by atoms with Crippen LogP contribution in [0.25, 0.3) is 34.4 Å². The predicted molar refractivity (Wildman–Crippen MR) is 200 cm³/mol. The summed E-state index contributed by atoms with van der Waals surface area (Å²) in [6, 6.07) is 49.1. The van der Waals surface area contributed by atoms with Gasteiger partial charge in [0.15, 0.2) is 0 Å². The molecule has 0 bridgehead atoms. The highest BCUT2D eigenvalue weighted by Gasteiger charge is 2.10. The Hall–Kier alpha value is -5.20. The van der Waals surface area contributed by atoms with Gasteiger partial charge >= 0.3 is 0 Å². The van der Waals surface area contributed by atoms with E-state index in [1.807, 2.05) is 0 Å². The minimum absolute atomic E-state index is 1.23. The molecule has 0 aromatic heterocycles. The molecule has 0 N–H and O–H groups in total. The molecule has 6 rings (SSSR count). The van der Waals surface area contributed by atoms with Gasteiger partial charge in [-0.2, -0.15) is 0 Å².